The number of nitrogens with zero attached hydrogens (tertiary/aromatic N) is 2. The normalized spacial score (nSPS) is 16.7. The maximum absolute atomic E-state index is 11.8. The van der Waals surface area contributed by atoms with Crippen LogP contribution in [0.2, 0.25) is 0 Å². The number of fused-ring (bicyclic) bond motifs is 1. The molecule has 5 heteroatoms. The van der Waals surface area contributed by atoms with Crippen molar-refractivity contribution in [2.45, 2.75) is 31.7 Å². The minimum absolute atomic E-state index is 0.115. The zero-order valence-corrected chi connectivity index (χ0v) is 9.26. The SMILES string of the molecule is O=c1oc(=O)n(C2CCCC2)c2ncccc12. The summed E-state index contributed by atoms with van der Waals surface area (Å²) in [6.07, 6.45) is 5.68. The molecule has 0 N–H and O–H groups in total. The Morgan fingerprint density at radius 1 is 1.29 bits per heavy atom. The van der Waals surface area contributed by atoms with E-state index in [0.717, 1.165) is 25.7 Å². The lowest BCUT2D eigenvalue weighted by molar-refractivity contribution is 0.378. The summed E-state index contributed by atoms with van der Waals surface area (Å²) in [4.78, 5) is 27.5. The molecule has 0 atom stereocenters. The molecular formula is C12H12N2O3. The average molecular weight is 232 g/mol. The molecule has 5 nitrogen and oxygen atoms in total. The van der Waals surface area contributed by atoms with E-state index in [4.69, 9.17) is 4.42 Å². The van der Waals surface area contributed by atoms with E-state index >= 15 is 0 Å². The number of pyridine rings is 1. The molecule has 2 aromatic heterocycles. The summed E-state index contributed by atoms with van der Waals surface area (Å²) in [7, 11) is 0. The molecule has 0 bridgehead atoms. The third-order valence-electron chi connectivity index (χ3n) is 3.30. The topological polar surface area (TPSA) is 65.1 Å². The van der Waals surface area contributed by atoms with Crippen molar-refractivity contribution in [3.63, 3.8) is 0 Å². The fraction of sp³-hybridized carbons (Fsp3) is 0.417. The van der Waals surface area contributed by atoms with Gasteiger partial charge in [0.1, 0.15) is 5.39 Å². The minimum Gasteiger partial charge on any atom is -0.372 e. The summed E-state index contributed by atoms with van der Waals surface area (Å²) in [6.45, 7) is 0. The quantitative estimate of drug-likeness (QED) is 0.746. The molecule has 1 fully saturated rings. The van der Waals surface area contributed by atoms with Crippen molar-refractivity contribution in [1.29, 1.82) is 0 Å². The van der Waals surface area contributed by atoms with E-state index < -0.39 is 11.4 Å². The van der Waals surface area contributed by atoms with Crippen LogP contribution in [0.3, 0.4) is 0 Å². The lowest BCUT2D eigenvalue weighted by Crippen LogP contribution is -2.28. The van der Waals surface area contributed by atoms with E-state index in [1.54, 1.807) is 18.3 Å². The van der Waals surface area contributed by atoms with Gasteiger partial charge in [0.15, 0.2) is 5.65 Å². The standard InChI is InChI=1S/C12H12N2O3/c15-11-9-6-3-7-13-10(9)14(12(16)17-11)8-4-1-2-5-8/h3,6-8H,1-2,4-5H2. The number of rotatable bonds is 1. The number of hydrogen-bond acceptors (Lipinski definition) is 4. The van der Waals surface area contributed by atoms with E-state index in [2.05, 4.69) is 4.98 Å². The van der Waals surface area contributed by atoms with Crippen molar-refractivity contribution in [2.75, 3.05) is 0 Å². The smallest absolute Gasteiger partial charge is 0.372 e. The molecule has 17 heavy (non-hydrogen) atoms. The Hall–Kier alpha value is -1.91. The summed E-state index contributed by atoms with van der Waals surface area (Å²) >= 11 is 0. The second-order valence-corrected chi connectivity index (χ2v) is 4.34. The second-order valence-electron chi connectivity index (χ2n) is 4.34. The highest BCUT2D eigenvalue weighted by Gasteiger charge is 2.22. The lowest BCUT2D eigenvalue weighted by Gasteiger charge is -2.13. The third kappa shape index (κ3) is 1.58. The van der Waals surface area contributed by atoms with Crippen LogP contribution in [-0.2, 0) is 0 Å². The molecule has 0 aliphatic heterocycles. The highest BCUT2D eigenvalue weighted by Crippen LogP contribution is 2.29. The monoisotopic (exact) mass is 232 g/mol. The van der Waals surface area contributed by atoms with Crippen LogP contribution < -0.4 is 11.4 Å². The summed E-state index contributed by atoms with van der Waals surface area (Å²) in [5.41, 5.74) is -0.159. The summed E-state index contributed by atoms with van der Waals surface area (Å²) < 4.78 is 6.28. The Labute approximate surface area is 96.7 Å². The maximum atomic E-state index is 11.8. The molecule has 3 rings (SSSR count). The van der Waals surface area contributed by atoms with E-state index in [1.165, 1.54) is 4.57 Å². The first-order valence-electron chi connectivity index (χ1n) is 5.78. The van der Waals surface area contributed by atoms with E-state index in [0.29, 0.717) is 11.0 Å². The minimum atomic E-state index is -0.604. The van der Waals surface area contributed by atoms with Crippen LogP contribution >= 0.6 is 0 Å². The molecule has 0 radical (unpaired) electrons. The molecule has 2 heterocycles. The van der Waals surface area contributed by atoms with E-state index in [1.807, 2.05) is 0 Å². The van der Waals surface area contributed by atoms with Gasteiger partial charge in [0.05, 0.1) is 0 Å². The largest absolute Gasteiger partial charge is 0.423 e. The Balaban J connectivity index is 2.36. The predicted octanol–water partition coefficient (Wildman–Crippen LogP) is 1.46. The molecule has 1 aliphatic carbocycles. The molecule has 1 saturated carbocycles. The van der Waals surface area contributed by atoms with Gasteiger partial charge >= 0.3 is 11.4 Å². The van der Waals surface area contributed by atoms with Gasteiger partial charge in [-0.2, -0.15) is 0 Å². The molecule has 0 amide bonds. The van der Waals surface area contributed by atoms with Crippen LogP contribution in [0.5, 0.6) is 0 Å². The van der Waals surface area contributed by atoms with Crippen LogP contribution in [0.15, 0.2) is 32.3 Å². The second kappa shape index (κ2) is 3.84. The summed E-state index contributed by atoms with van der Waals surface area (Å²) in [5, 5.41) is 0.374. The van der Waals surface area contributed by atoms with E-state index in [9.17, 15) is 9.59 Å². The Morgan fingerprint density at radius 3 is 2.82 bits per heavy atom. The van der Waals surface area contributed by atoms with Gasteiger partial charge in [0.25, 0.3) is 0 Å². The first-order valence-corrected chi connectivity index (χ1v) is 5.78. The van der Waals surface area contributed by atoms with Crippen LogP contribution in [0.25, 0.3) is 11.0 Å². The van der Waals surface area contributed by atoms with Gasteiger partial charge in [-0.3, -0.25) is 4.57 Å². The number of hydrogen-bond donors (Lipinski definition) is 0. The van der Waals surface area contributed by atoms with Crippen molar-refractivity contribution < 1.29 is 4.42 Å². The van der Waals surface area contributed by atoms with E-state index in [-0.39, 0.29) is 6.04 Å². The van der Waals surface area contributed by atoms with Crippen molar-refractivity contribution >= 4 is 11.0 Å². The van der Waals surface area contributed by atoms with Gasteiger partial charge in [0, 0.05) is 12.2 Å². The summed E-state index contributed by atoms with van der Waals surface area (Å²) in [5.74, 6) is -0.590. The van der Waals surface area contributed by atoms with Crippen molar-refractivity contribution in [2.24, 2.45) is 0 Å². The number of aromatic nitrogens is 2. The fourth-order valence-electron chi connectivity index (χ4n) is 2.50. The van der Waals surface area contributed by atoms with Gasteiger partial charge < -0.3 is 4.42 Å². The predicted molar refractivity (Wildman–Crippen MR) is 62.0 cm³/mol. The van der Waals surface area contributed by atoms with Crippen LogP contribution in [0.1, 0.15) is 31.7 Å². The molecule has 0 unspecified atom stereocenters. The molecule has 0 saturated heterocycles. The highest BCUT2D eigenvalue weighted by molar-refractivity contribution is 5.72. The highest BCUT2D eigenvalue weighted by atomic mass is 16.4. The Morgan fingerprint density at radius 2 is 2.06 bits per heavy atom. The van der Waals surface area contributed by atoms with Gasteiger partial charge in [-0.15, -0.1) is 0 Å². The maximum Gasteiger partial charge on any atom is 0.423 e. The van der Waals surface area contributed by atoms with Crippen molar-refractivity contribution in [1.82, 2.24) is 9.55 Å². The van der Waals surface area contributed by atoms with Crippen LogP contribution in [0.4, 0.5) is 0 Å². The first kappa shape index (κ1) is 10.3. The van der Waals surface area contributed by atoms with Crippen molar-refractivity contribution in [3.05, 3.63) is 39.3 Å². The van der Waals surface area contributed by atoms with Gasteiger partial charge in [-0.05, 0) is 25.0 Å². The third-order valence-corrected chi connectivity index (χ3v) is 3.30. The molecular weight excluding hydrogens is 220 g/mol. The fourth-order valence-corrected chi connectivity index (χ4v) is 2.50. The lowest BCUT2D eigenvalue weighted by atomic mass is 10.2. The molecule has 2 aromatic rings. The average Bonchev–Trinajstić information content (AvgIpc) is 2.83. The molecule has 1 aliphatic rings. The van der Waals surface area contributed by atoms with Gasteiger partial charge in [0.2, 0.25) is 0 Å². The zero-order chi connectivity index (χ0) is 11.8. The summed E-state index contributed by atoms with van der Waals surface area (Å²) in [6, 6.07) is 3.42. The van der Waals surface area contributed by atoms with Crippen molar-refractivity contribution in [3.8, 4) is 0 Å². The molecule has 0 spiro atoms. The molecule has 88 valence electrons. The van der Waals surface area contributed by atoms with Crippen LogP contribution in [0, 0.1) is 0 Å². The zero-order valence-electron chi connectivity index (χ0n) is 9.26. The molecule has 0 aromatic carbocycles. The Bertz CT molecular complexity index is 665. The van der Waals surface area contributed by atoms with Crippen LogP contribution in [-0.4, -0.2) is 9.55 Å². The Kier molecular flexibility index (Phi) is 2.31. The first-order chi connectivity index (χ1) is 8.27. The van der Waals surface area contributed by atoms with Gasteiger partial charge in [-0.1, -0.05) is 12.8 Å². The van der Waals surface area contributed by atoms with Gasteiger partial charge in [-0.25, -0.2) is 14.6 Å².